The van der Waals surface area contributed by atoms with Crippen LogP contribution in [0.3, 0.4) is 0 Å². The van der Waals surface area contributed by atoms with Crippen LogP contribution in [-0.4, -0.2) is 41.7 Å². The SMILES string of the molecule is COC(=O)C1=CC(O)=C(O)C(O)(S(=O)(=O)c2ccc(C)cc2)C1. The molecule has 0 bridgehead atoms. The molecule has 1 aromatic carbocycles. The first-order chi connectivity index (χ1) is 10.6. The van der Waals surface area contributed by atoms with Crippen molar-refractivity contribution < 1.29 is 33.3 Å². The summed E-state index contributed by atoms with van der Waals surface area (Å²) in [5.41, 5.74) is 0.526. The first-order valence-electron chi connectivity index (χ1n) is 6.58. The lowest BCUT2D eigenvalue weighted by Gasteiger charge is -2.30. The van der Waals surface area contributed by atoms with Crippen LogP contribution in [0.25, 0.3) is 0 Å². The Balaban J connectivity index is 2.58. The zero-order chi connectivity index (χ0) is 17.4. The van der Waals surface area contributed by atoms with E-state index in [1.165, 1.54) is 24.3 Å². The van der Waals surface area contributed by atoms with Gasteiger partial charge in [0.25, 0.3) is 0 Å². The van der Waals surface area contributed by atoms with Crippen molar-refractivity contribution in [2.75, 3.05) is 7.11 Å². The van der Waals surface area contributed by atoms with Gasteiger partial charge in [-0.05, 0) is 25.1 Å². The van der Waals surface area contributed by atoms with Gasteiger partial charge in [0.2, 0.25) is 14.8 Å². The van der Waals surface area contributed by atoms with E-state index in [4.69, 9.17) is 0 Å². The maximum Gasteiger partial charge on any atom is 0.334 e. The van der Waals surface area contributed by atoms with Crippen molar-refractivity contribution in [1.29, 1.82) is 0 Å². The van der Waals surface area contributed by atoms with Crippen LogP contribution in [-0.2, 0) is 19.4 Å². The number of sulfone groups is 1. The van der Waals surface area contributed by atoms with E-state index in [1.807, 2.05) is 0 Å². The van der Waals surface area contributed by atoms with Crippen molar-refractivity contribution in [2.24, 2.45) is 0 Å². The summed E-state index contributed by atoms with van der Waals surface area (Å²) >= 11 is 0. The van der Waals surface area contributed by atoms with Gasteiger partial charge in [0.05, 0.1) is 12.0 Å². The Kier molecular flexibility index (Phi) is 4.23. The third-order valence-corrected chi connectivity index (χ3v) is 5.70. The van der Waals surface area contributed by atoms with E-state index in [9.17, 15) is 28.5 Å². The van der Waals surface area contributed by atoms with Gasteiger partial charge >= 0.3 is 5.97 Å². The zero-order valence-electron chi connectivity index (χ0n) is 12.5. The molecule has 1 aliphatic carbocycles. The molecule has 0 saturated carbocycles. The van der Waals surface area contributed by atoms with E-state index in [0.717, 1.165) is 18.7 Å². The summed E-state index contributed by atoms with van der Waals surface area (Å²) in [6, 6.07) is 5.58. The van der Waals surface area contributed by atoms with Gasteiger partial charge < -0.3 is 20.1 Å². The van der Waals surface area contributed by atoms with Gasteiger partial charge in [0.1, 0.15) is 0 Å². The number of benzene rings is 1. The fraction of sp³-hybridized carbons (Fsp3) is 0.267. The minimum absolute atomic E-state index is 0.254. The standard InChI is InChI=1S/C15H16O7S/c1-9-3-5-11(6-4-9)23(20,21)15(19)8-10(14(18)22-2)7-12(16)13(15)17/h3-7,16-17,19H,8H2,1-2H3. The molecular weight excluding hydrogens is 324 g/mol. The fourth-order valence-corrected chi connectivity index (χ4v) is 3.81. The van der Waals surface area contributed by atoms with Gasteiger partial charge in [0, 0.05) is 12.0 Å². The number of carbonyl (C=O) groups is 1. The van der Waals surface area contributed by atoms with Crippen LogP contribution in [0.4, 0.5) is 0 Å². The molecule has 0 aromatic heterocycles. The highest BCUT2D eigenvalue weighted by Crippen LogP contribution is 2.39. The first kappa shape index (κ1) is 17.0. The lowest BCUT2D eigenvalue weighted by atomic mass is 9.99. The van der Waals surface area contributed by atoms with Crippen LogP contribution in [0, 0.1) is 6.92 Å². The molecule has 8 heteroatoms. The number of allylic oxidation sites excluding steroid dienone is 1. The molecule has 7 nitrogen and oxygen atoms in total. The number of aliphatic hydroxyl groups is 3. The number of aliphatic hydroxyl groups excluding tert-OH is 2. The minimum Gasteiger partial charge on any atom is -0.505 e. The summed E-state index contributed by atoms with van der Waals surface area (Å²) in [6.45, 7) is 1.76. The number of hydrogen-bond donors (Lipinski definition) is 3. The maximum atomic E-state index is 12.7. The molecule has 0 amide bonds. The lowest BCUT2D eigenvalue weighted by Crippen LogP contribution is -2.44. The Labute approximate surface area is 133 Å². The van der Waals surface area contributed by atoms with Crippen molar-refractivity contribution in [3.63, 3.8) is 0 Å². The molecule has 0 heterocycles. The van der Waals surface area contributed by atoms with Gasteiger partial charge in [-0.25, -0.2) is 13.2 Å². The minimum atomic E-state index is -4.50. The third-order valence-electron chi connectivity index (χ3n) is 3.58. The second kappa shape index (κ2) is 5.71. The second-order valence-corrected chi connectivity index (χ2v) is 7.33. The van der Waals surface area contributed by atoms with Crippen LogP contribution in [0.5, 0.6) is 0 Å². The molecular formula is C15H16O7S. The molecule has 0 radical (unpaired) electrons. The fourth-order valence-electron chi connectivity index (χ4n) is 2.22. The average Bonchev–Trinajstić information content (AvgIpc) is 2.51. The molecule has 3 N–H and O–H groups in total. The van der Waals surface area contributed by atoms with E-state index >= 15 is 0 Å². The molecule has 0 saturated heterocycles. The molecule has 0 spiro atoms. The topological polar surface area (TPSA) is 121 Å². The van der Waals surface area contributed by atoms with Crippen LogP contribution in [0.15, 0.2) is 52.3 Å². The number of ether oxygens (including phenoxy) is 1. The van der Waals surface area contributed by atoms with Gasteiger partial charge in [-0.3, -0.25) is 0 Å². The summed E-state index contributed by atoms with van der Waals surface area (Å²) in [6.07, 6.45) is 0.117. The summed E-state index contributed by atoms with van der Waals surface area (Å²) < 4.78 is 29.9. The second-order valence-electron chi connectivity index (χ2n) is 5.17. The first-order valence-corrected chi connectivity index (χ1v) is 8.07. The molecule has 23 heavy (non-hydrogen) atoms. The van der Waals surface area contributed by atoms with Crippen molar-refractivity contribution in [2.45, 2.75) is 23.2 Å². The van der Waals surface area contributed by atoms with E-state index in [1.54, 1.807) is 6.92 Å². The number of carbonyl (C=O) groups excluding carboxylic acids is 1. The predicted molar refractivity (Wildman–Crippen MR) is 80.3 cm³/mol. The van der Waals surface area contributed by atoms with E-state index in [-0.39, 0.29) is 10.5 Å². The number of hydrogen-bond acceptors (Lipinski definition) is 7. The summed E-state index contributed by atoms with van der Waals surface area (Å²) in [5.74, 6) is -2.96. The quantitative estimate of drug-likeness (QED) is 0.709. The number of esters is 1. The van der Waals surface area contributed by atoms with Gasteiger partial charge in [-0.1, -0.05) is 17.7 Å². The van der Waals surface area contributed by atoms with Crippen LogP contribution in [0.1, 0.15) is 12.0 Å². The Morgan fingerprint density at radius 1 is 1.22 bits per heavy atom. The van der Waals surface area contributed by atoms with Gasteiger partial charge in [-0.2, -0.15) is 0 Å². The number of rotatable bonds is 3. The molecule has 1 atom stereocenters. The molecule has 1 aliphatic rings. The van der Waals surface area contributed by atoms with Crippen LogP contribution in [0.2, 0.25) is 0 Å². The van der Waals surface area contributed by atoms with Crippen molar-refractivity contribution >= 4 is 15.8 Å². The third kappa shape index (κ3) is 2.71. The number of methoxy groups -OCH3 is 1. The summed E-state index contributed by atoms with van der Waals surface area (Å²) in [5, 5.41) is 30.2. The summed E-state index contributed by atoms with van der Waals surface area (Å²) in [4.78, 5) is 8.49. The van der Waals surface area contributed by atoms with Crippen molar-refractivity contribution in [3.8, 4) is 0 Å². The average molecular weight is 340 g/mol. The highest BCUT2D eigenvalue weighted by molar-refractivity contribution is 7.92. The Morgan fingerprint density at radius 3 is 2.30 bits per heavy atom. The van der Waals surface area contributed by atoms with Crippen LogP contribution >= 0.6 is 0 Å². The highest BCUT2D eigenvalue weighted by atomic mass is 32.2. The molecule has 2 rings (SSSR count). The highest BCUT2D eigenvalue weighted by Gasteiger charge is 2.51. The van der Waals surface area contributed by atoms with E-state index < -0.39 is 38.7 Å². The molecule has 1 unspecified atom stereocenters. The number of aryl methyl sites for hydroxylation is 1. The monoisotopic (exact) mass is 340 g/mol. The Bertz CT molecular complexity index is 803. The smallest absolute Gasteiger partial charge is 0.334 e. The molecule has 0 fully saturated rings. The molecule has 1 aromatic rings. The van der Waals surface area contributed by atoms with Gasteiger partial charge in [-0.15, -0.1) is 0 Å². The largest absolute Gasteiger partial charge is 0.505 e. The molecule has 0 aliphatic heterocycles. The predicted octanol–water partition coefficient (Wildman–Crippen LogP) is 1.29. The van der Waals surface area contributed by atoms with E-state index in [0.29, 0.717) is 0 Å². The maximum absolute atomic E-state index is 12.7. The van der Waals surface area contributed by atoms with Crippen molar-refractivity contribution in [1.82, 2.24) is 0 Å². The zero-order valence-corrected chi connectivity index (χ0v) is 13.3. The Hall–Kier alpha value is -2.32. The normalized spacial score (nSPS) is 21.8. The molecule has 124 valence electrons. The van der Waals surface area contributed by atoms with E-state index in [2.05, 4.69) is 4.74 Å². The van der Waals surface area contributed by atoms with Crippen molar-refractivity contribution in [3.05, 3.63) is 53.0 Å². The lowest BCUT2D eigenvalue weighted by molar-refractivity contribution is -0.136. The summed E-state index contributed by atoms with van der Waals surface area (Å²) in [7, 11) is -3.42. The van der Waals surface area contributed by atoms with Crippen LogP contribution < -0.4 is 0 Å². The van der Waals surface area contributed by atoms with Gasteiger partial charge in [0.15, 0.2) is 11.5 Å². The Morgan fingerprint density at radius 2 is 1.78 bits per heavy atom.